The molecule has 0 atom stereocenters. The van der Waals surface area contributed by atoms with Crippen LogP contribution in [0.3, 0.4) is 0 Å². The Morgan fingerprint density at radius 3 is 2.17 bits per heavy atom. The summed E-state index contributed by atoms with van der Waals surface area (Å²) in [5.41, 5.74) is -0.0461. The summed E-state index contributed by atoms with van der Waals surface area (Å²) in [6, 6.07) is 6.33. The van der Waals surface area contributed by atoms with Crippen LogP contribution in [0.1, 0.15) is 48.1 Å². The highest BCUT2D eigenvalue weighted by Crippen LogP contribution is 2.31. The number of halogens is 6. The van der Waals surface area contributed by atoms with Gasteiger partial charge >= 0.3 is 11.9 Å². The Morgan fingerprint density at radius 2 is 1.58 bits per heavy atom. The molecular formula is C34H29F6N3O5. The van der Waals surface area contributed by atoms with Crippen molar-refractivity contribution in [1.82, 2.24) is 9.55 Å². The molecule has 1 heterocycles. The van der Waals surface area contributed by atoms with Crippen molar-refractivity contribution in [3.8, 4) is 18.1 Å². The van der Waals surface area contributed by atoms with Crippen molar-refractivity contribution >= 4 is 28.5 Å². The Bertz CT molecular complexity index is 2020. The Morgan fingerprint density at radius 1 is 0.958 bits per heavy atom. The normalized spacial score (nSPS) is 11.4. The van der Waals surface area contributed by atoms with Gasteiger partial charge in [-0.1, -0.05) is 5.92 Å². The highest BCUT2D eigenvalue weighted by atomic mass is 19.2. The molecule has 3 aromatic carbocycles. The van der Waals surface area contributed by atoms with Gasteiger partial charge < -0.3 is 14.4 Å². The van der Waals surface area contributed by atoms with Crippen molar-refractivity contribution in [2.45, 2.75) is 47.7 Å². The van der Waals surface area contributed by atoms with Crippen LogP contribution in [0.5, 0.6) is 5.75 Å². The number of hydrogen-bond acceptors (Lipinski definition) is 7. The van der Waals surface area contributed by atoms with E-state index in [4.69, 9.17) is 11.2 Å². The highest BCUT2D eigenvalue weighted by Gasteiger charge is 2.30. The fourth-order valence-corrected chi connectivity index (χ4v) is 4.65. The summed E-state index contributed by atoms with van der Waals surface area (Å²) in [5, 5.41) is 0.265. The average molecular weight is 674 g/mol. The van der Waals surface area contributed by atoms with Gasteiger partial charge in [0.2, 0.25) is 34.8 Å². The van der Waals surface area contributed by atoms with Gasteiger partial charge in [0, 0.05) is 12.2 Å². The first-order valence-electron chi connectivity index (χ1n) is 14.4. The molecule has 0 bridgehead atoms. The number of rotatable bonds is 9. The molecule has 0 saturated carbocycles. The monoisotopic (exact) mass is 673 g/mol. The van der Waals surface area contributed by atoms with Crippen LogP contribution in [0.25, 0.3) is 10.9 Å². The van der Waals surface area contributed by atoms with Crippen LogP contribution in [0.2, 0.25) is 0 Å². The van der Waals surface area contributed by atoms with E-state index in [0.29, 0.717) is 16.9 Å². The summed E-state index contributed by atoms with van der Waals surface area (Å²) in [6.07, 6.45) is 5.55. The number of terminal acetylenes is 1. The van der Waals surface area contributed by atoms with Crippen molar-refractivity contribution in [2.75, 3.05) is 18.1 Å². The molecule has 48 heavy (non-hydrogen) atoms. The number of carbonyl (C=O) groups is 2. The molecule has 0 spiro atoms. The molecule has 0 N–H and O–H groups in total. The summed E-state index contributed by atoms with van der Waals surface area (Å²) in [4.78, 5) is 44.2. The van der Waals surface area contributed by atoms with E-state index in [2.05, 4.69) is 15.6 Å². The fraction of sp³-hybridized carbons (Fsp3) is 0.294. The van der Waals surface area contributed by atoms with Gasteiger partial charge in [-0.05, 0) is 76.1 Å². The Hall–Kier alpha value is -5.32. The van der Waals surface area contributed by atoms with Gasteiger partial charge in [0.15, 0.2) is 0 Å². The molecule has 0 saturated heterocycles. The molecule has 1 aromatic heterocycles. The summed E-state index contributed by atoms with van der Waals surface area (Å²) in [5.74, 6) is -14.3. The van der Waals surface area contributed by atoms with E-state index in [1.54, 1.807) is 46.8 Å². The summed E-state index contributed by atoms with van der Waals surface area (Å²) < 4.78 is 94.6. The van der Waals surface area contributed by atoms with Crippen molar-refractivity contribution < 1.29 is 45.4 Å². The van der Waals surface area contributed by atoms with Crippen molar-refractivity contribution in [3.05, 3.63) is 98.1 Å². The number of benzene rings is 3. The van der Waals surface area contributed by atoms with Crippen LogP contribution in [0.15, 0.2) is 35.1 Å². The predicted octanol–water partition coefficient (Wildman–Crippen LogP) is 6.30. The molecule has 0 aliphatic rings. The lowest BCUT2D eigenvalue weighted by atomic mass is 9.97. The first kappa shape index (κ1) is 35.5. The van der Waals surface area contributed by atoms with Gasteiger partial charge in [-0.25, -0.2) is 27.3 Å². The SMILES string of the molecule is C#CCN(Cc1cc2c(=O)n(CCOC(=O)C(C)(C)C)c(C)nc2cc1C)c1ccc(C(=O)Oc2c(F)c(F)c(F)c(F)c2F)c(F)c1. The van der Waals surface area contributed by atoms with Crippen molar-refractivity contribution in [1.29, 1.82) is 0 Å². The lowest BCUT2D eigenvalue weighted by molar-refractivity contribution is -0.153. The molecule has 0 amide bonds. The first-order chi connectivity index (χ1) is 22.5. The second-order valence-electron chi connectivity index (χ2n) is 11.8. The summed E-state index contributed by atoms with van der Waals surface area (Å²) in [6.45, 7) is 8.56. The van der Waals surface area contributed by atoms with Crippen LogP contribution in [-0.4, -0.2) is 34.6 Å². The number of ether oxygens (including phenoxy) is 2. The van der Waals surface area contributed by atoms with E-state index in [1.165, 1.54) is 15.5 Å². The van der Waals surface area contributed by atoms with Crippen molar-refractivity contribution in [3.63, 3.8) is 0 Å². The minimum atomic E-state index is -2.45. The van der Waals surface area contributed by atoms with Gasteiger partial charge in [0.25, 0.3) is 5.56 Å². The summed E-state index contributed by atoms with van der Waals surface area (Å²) in [7, 11) is 0. The number of esters is 2. The van der Waals surface area contributed by atoms with Crippen LogP contribution in [-0.2, 0) is 22.6 Å². The zero-order valence-electron chi connectivity index (χ0n) is 26.4. The largest absolute Gasteiger partial charge is 0.463 e. The van der Waals surface area contributed by atoms with Gasteiger partial charge in [-0.15, -0.1) is 6.42 Å². The molecule has 4 rings (SSSR count). The number of hydrogen-bond donors (Lipinski definition) is 0. The quantitative estimate of drug-likeness (QED) is 0.0515. The first-order valence-corrected chi connectivity index (χ1v) is 14.4. The molecule has 0 radical (unpaired) electrons. The number of nitrogens with zero attached hydrogens (tertiary/aromatic N) is 3. The number of aryl methyl sites for hydroxylation is 2. The lowest BCUT2D eigenvalue weighted by Gasteiger charge is -2.24. The standard InChI is InChI=1S/C34H29F6N3O5/c1-7-10-42(20-8-9-21(23(35)15-20)32(45)48-30-28(39)26(37)25(36)27(38)29(30)40)16-19-14-22-24(13-17(19)2)41-18(3)43(31(22)44)11-12-47-33(46)34(4,5)6/h1,8-9,13-15H,10-12,16H2,2-6H3. The number of aromatic nitrogens is 2. The number of carbonyl (C=O) groups excluding carboxylic acids is 2. The Kier molecular flexibility index (Phi) is 10.2. The Balaban J connectivity index is 1.61. The van der Waals surface area contributed by atoms with E-state index >= 15 is 4.39 Å². The maximum absolute atomic E-state index is 15.1. The van der Waals surface area contributed by atoms with E-state index in [0.717, 1.165) is 17.7 Å². The van der Waals surface area contributed by atoms with E-state index in [1.807, 2.05) is 0 Å². The predicted molar refractivity (Wildman–Crippen MR) is 163 cm³/mol. The molecule has 4 aromatic rings. The van der Waals surface area contributed by atoms with Crippen LogP contribution in [0.4, 0.5) is 32.0 Å². The topological polar surface area (TPSA) is 90.7 Å². The van der Waals surface area contributed by atoms with Crippen molar-refractivity contribution in [2.24, 2.45) is 5.41 Å². The van der Waals surface area contributed by atoms with Gasteiger partial charge in [-0.2, -0.15) is 8.78 Å². The van der Waals surface area contributed by atoms with Gasteiger partial charge in [-0.3, -0.25) is 14.2 Å². The molecule has 0 aliphatic carbocycles. The molecular weight excluding hydrogens is 644 g/mol. The average Bonchev–Trinajstić information content (AvgIpc) is 3.02. The molecule has 0 aliphatic heterocycles. The third-order valence-electron chi connectivity index (χ3n) is 7.31. The molecule has 252 valence electrons. The minimum Gasteiger partial charge on any atom is -0.463 e. The molecule has 0 unspecified atom stereocenters. The smallest absolute Gasteiger partial charge is 0.346 e. The zero-order chi connectivity index (χ0) is 35.7. The third kappa shape index (κ3) is 7.15. The van der Waals surface area contributed by atoms with Gasteiger partial charge in [0.05, 0.1) is 35.0 Å². The summed E-state index contributed by atoms with van der Waals surface area (Å²) >= 11 is 0. The Labute approximate surface area is 270 Å². The minimum absolute atomic E-state index is 0.0463. The van der Waals surface area contributed by atoms with Crippen LogP contribution in [0, 0.1) is 66.5 Å². The number of anilines is 1. The van der Waals surface area contributed by atoms with Gasteiger partial charge in [0.1, 0.15) is 18.2 Å². The van der Waals surface area contributed by atoms with Crippen LogP contribution < -0.4 is 15.2 Å². The zero-order valence-corrected chi connectivity index (χ0v) is 26.4. The van der Waals surface area contributed by atoms with E-state index in [-0.39, 0.29) is 42.9 Å². The molecule has 8 nitrogen and oxygen atoms in total. The fourth-order valence-electron chi connectivity index (χ4n) is 4.65. The van der Waals surface area contributed by atoms with E-state index < -0.39 is 63.6 Å². The molecule has 14 heteroatoms. The highest BCUT2D eigenvalue weighted by molar-refractivity contribution is 5.92. The third-order valence-corrected chi connectivity index (χ3v) is 7.31. The lowest BCUT2D eigenvalue weighted by Crippen LogP contribution is -2.29. The maximum Gasteiger partial charge on any atom is 0.346 e. The second-order valence-corrected chi connectivity index (χ2v) is 11.8. The van der Waals surface area contributed by atoms with E-state index in [9.17, 15) is 36.3 Å². The molecule has 0 fully saturated rings. The maximum atomic E-state index is 15.1. The number of fused-ring (bicyclic) bond motifs is 1. The van der Waals surface area contributed by atoms with Crippen LogP contribution >= 0.6 is 0 Å². The second kappa shape index (κ2) is 13.8.